The lowest BCUT2D eigenvalue weighted by Crippen LogP contribution is -2.34. The summed E-state index contributed by atoms with van der Waals surface area (Å²) in [5, 5.41) is 1.84. The first-order chi connectivity index (χ1) is 12.4. The molecule has 2 aromatic rings. The van der Waals surface area contributed by atoms with Gasteiger partial charge in [-0.3, -0.25) is 9.88 Å². The van der Waals surface area contributed by atoms with Gasteiger partial charge in [-0.25, -0.2) is 9.37 Å². The van der Waals surface area contributed by atoms with Crippen LogP contribution in [0.5, 0.6) is 5.88 Å². The van der Waals surface area contributed by atoms with E-state index in [1.54, 1.807) is 18.5 Å². The first-order valence-electron chi connectivity index (χ1n) is 9.34. The third-order valence-corrected chi connectivity index (χ3v) is 5.65. The molecule has 3 heterocycles. The molecule has 0 aliphatic carbocycles. The van der Waals surface area contributed by atoms with Crippen LogP contribution in [-0.2, 0) is 13.0 Å². The van der Waals surface area contributed by atoms with Crippen LogP contribution >= 0.6 is 11.3 Å². The standard InChI is InChI=1S/C20H28FN3OS/c1-20(2,3)25-19-17(22-9-10-23-19)14-24-11-6-15(7-12-24)4-5-18-16(21)8-13-26-18/h8-10,13,15H,4-7,11-12,14H2,1-3H3. The van der Waals surface area contributed by atoms with Crippen LogP contribution in [0.15, 0.2) is 23.8 Å². The zero-order chi connectivity index (χ0) is 18.6. The lowest BCUT2D eigenvalue weighted by molar-refractivity contribution is 0.116. The van der Waals surface area contributed by atoms with Crippen molar-refractivity contribution < 1.29 is 9.13 Å². The summed E-state index contributed by atoms with van der Waals surface area (Å²) in [7, 11) is 0. The molecule has 3 rings (SSSR count). The van der Waals surface area contributed by atoms with E-state index >= 15 is 0 Å². The van der Waals surface area contributed by atoms with Gasteiger partial charge in [0.25, 0.3) is 0 Å². The van der Waals surface area contributed by atoms with Crippen molar-refractivity contribution in [2.45, 2.75) is 58.6 Å². The number of rotatable bonds is 6. The molecule has 0 aromatic carbocycles. The number of hydrogen-bond acceptors (Lipinski definition) is 5. The minimum Gasteiger partial charge on any atom is -0.471 e. The summed E-state index contributed by atoms with van der Waals surface area (Å²) < 4.78 is 19.5. The Bertz CT molecular complexity index is 705. The van der Waals surface area contributed by atoms with Crippen molar-refractivity contribution in [1.29, 1.82) is 0 Å². The largest absolute Gasteiger partial charge is 0.471 e. The Morgan fingerprint density at radius 1 is 1.23 bits per heavy atom. The Balaban J connectivity index is 1.49. The van der Waals surface area contributed by atoms with Crippen molar-refractivity contribution in [1.82, 2.24) is 14.9 Å². The molecule has 1 aliphatic heterocycles. The molecule has 0 N–H and O–H groups in total. The molecule has 0 amide bonds. The van der Waals surface area contributed by atoms with Crippen molar-refractivity contribution in [2.24, 2.45) is 5.92 Å². The van der Waals surface area contributed by atoms with Crippen LogP contribution in [0, 0.1) is 11.7 Å². The Kier molecular flexibility index (Phi) is 6.24. The second kappa shape index (κ2) is 8.44. The predicted octanol–water partition coefficient (Wildman–Crippen LogP) is 4.70. The molecule has 0 unspecified atom stereocenters. The summed E-state index contributed by atoms with van der Waals surface area (Å²) in [6.07, 6.45) is 7.66. The number of nitrogens with zero attached hydrogens (tertiary/aromatic N) is 3. The van der Waals surface area contributed by atoms with E-state index in [1.165, 1.54) is 11.3 Å². The Morgan fingerprint density at radius 3 is 2.62 bits per heavy atom. The number of aromatic nitrogens is 2. The van der Waals surface area contributed by atoms with Crippen LogP contribution in [0.2, 0.25) is 0 Å². The molecular weight excluding hydrogens is 349 g/mol. The lowest BCUT2D eigenvalue weighted by Gasteiger charge is -2.32. The highest BCUT2D eigenvalue weighted by Crippen LogP contribution is 2.27. The fourth-order valence-corrected chi connectivity index (χ4v) is 4.09. The SMILES string of the molecule is CC(C)(C)Oc1nccnc1CN1CCC(CCc2sccc2F)CC1. The summed E-state index contributed by atoms with van der Waals surface area (Å²) in [6.45, 7) is 8.92. The van der Waals surface area contributed by atoms with Gasteiger partial charge in [0.05, 0.1) is 0 Å². The van der Waals surface area contributed by atoms with Crippen molar-refractivity contribution >= 4 is 11.3 Å². The Hall–Kier alpha value is -1.53. The van der Waals surface area contributed by atoms with Crippen molar-refractivity contribution in [3.8, 4) is 5.88 Å². The minimum absolute atomic E-state index is 0.0403. The third-order valence-electron chi connectivity index (χ3n) is 4.69. The number of aryl methyl sites for hydroxylation is 1. The first-order valence-corrected chi connectivity index (χ1v) is 10.2. The van der Waals surface area contributed by atoms with Gasteiger partial charge in [-0.05, 0) is 76.9 Å². The maximum absolute atomic E-state index is 13.5. The number of hydrogen-bond donors (Lipinski definition) is 0. The molecule has 0 saturated carbocycles. The quantitative estimate of drug-likeness (QED) is 0.731. The topological polar surface area (TPSA) is 38.3 Å². The fourth-order valence-electron chi connectivity index (χ4n) is 3.32. The molecule has 0 radical (unpaired) electrons. The van der Waals surface area contributed by atoms with E-state index in [9.17, 15) is 4.39 Å². The summed E-state index contributed by atoms with van der Waals surface area (Å²) >= 11 is 1.53. The molecule has 26 heavy (non-hydrogen) atoms. The summed E-state index contributed by atoms with van der Waals surface area (Å²) in [6, 6.07) is 1.57. The number of likely N-dealkylation sites (tertiary alicyclic amines) is 1. The van der Waals surface area contributed by atoms with Gasteiger partial charge in [-0.1, -0.05) is 0 Å². The molecular formula is C20H28FN3OS. The van der Waals surface area contributed by atoms with E-state index < -0.39 is 0 Å². The molecule has 2 aromatic heterocycles. The molecule has 1 saturated heterocycles. The maximum atomic E-state index is 13.5. The van der Waals surface area contributed by atoms with Gasteiger partial charge in [0, 0.05) is 23.8 Å². The van der Waals surface area contributed by atoms with Crippen LogP contribution in [0.4, 0.5) is 4.39 Å². The van der Waals surface area contributed by atoms with Crippen LogP contribution in [-0.4, -0.2) is 33.6 Å². The summed E-state index contributed by atoms with van der Waals surface area (Å²) in [5.74, 6) is 1.27. The number of halogens is 1. The van der Waals surface area contributed by atoms with Gasteiger partial charge < -0.3 is 4.74 Å². The van der Waals surface area contributed by atoms with Crippen LogP contribution in [0.1, 0.15) is 50.6 Å². The summed E-state index contributed by atoms with van der Waals surface area (Å²) in [5.41, 5.74) is 0.621. The second-order valence-electron chi connectivity index (χ2n) is 7.97. The number of ether oxygens (including phenoxy) is 1. The first kappa shape index (κ1) is 19.2. The Morgan fingerprint density at radius 2 is 1.96 bits per heavy atom. The molecule has 0 spiro atoms. The molecule has 0 bridgehead atoms. The zero-order valence-corrected chi connectivity index (χ0v) is 16.7. The van der Waals surface area contributed by atoms with Gasteiger partial charge >= 0.3 is 0 Å². The molecule has 0 atom stereocenters. The van der Waals surface area contributed by atoms with E-state index in [0.29, 0.717) is 11.8 Å². The van der Waals surface area contributed by atoms with E-state index in [1.807, 2.05) is 26.2 Å². The Labute approximate surface area is 159 Å². The molecule has 1 aliphatic rings. The average Bonchev–Trinajstić information content (AvgIpc) is 3.00. The van der Waals surface area contributed by atoms with Crippen molar-refractivity contribution in [3.63, 3.8) is 0 Å². The molecule has 142 valence electrons. The van der Waals surface area contributed by atoms with Crippen LogP contribution in [0.3, 0.4) is 0 Å². The minimum atomic E-state index is -0.283. The van der Waals surface area contributed by atoms with E-state index in [-0.39, 0.29) is 11.4 Å². The van der Waals surface area contributed by atoms with E-state index in [0.717, 1.165) is 55.9 Å². The monoisotopic (exact) mass is 377 g/mol. The lowest BCUT2D eigenvalue weighted by atomic mass is 9.92. The van der Waals surface area contributed by atoms with E-state index in [4.69, 9.17) is 4.74 Å². The summed E-state index contributed by atoms with van der Waals surface area (Å²) in [4.78, 5) is 12.2. The van der Waals surface area contributed by atoms with Crippen LogP contribution in [0.25, 0.3) is 0 Å². The predicted molar refractivity (Wildman–Crippen MR) is 103 cm³/mol. The number of piperidine rings is 1. The molecule has 1 fully saturated rings. The number of thiophene rings is 1. The molecule has 4 nitrogen and oxygen atoms in total. The normalized spacial score (nSPS) is 16.8. The highest BCUT2D eigenvalue weighted by atomic mass is 32.1. The van der Waals surface area contributed by atoms with Gasteiger partial charge in [0.1, 0.15) is 17.1 Å². The van der Waals surface area contributed by atoms with Crippen molar-refractivity contribution in [3.05, 3.63) is 40.2 Å². The van der Waals surface area contributed by atoms with Crippen molar-refractivity contribution in [2.75, 3.05) is 13.1 Å². The molecule has 6 heteroatoms. The van der Waals surface area contributed by atoms with Gasteiger partial charge in [0.2, 0.25) is 5.88 Å². The zero-order valence-electron chi connectivity index (χ0n) is 15.9. The smallest absolute Gasteiger partial charge is 0.237 e. The van der Waals surface area contributed by atoms with Gasteiger partial charge in [-0.15, -0.1) is 11.3 Å². The average molecular weight is 378 g/mol. The van der Waals surface area contributed by atoms with Gasteiger partial charge in [-0.2, -0.15) is 0 Å². The van der Waals surface area contributed by atoms with Crippen LogP contribution < -0.4 is 4.74 Å². The van der Waals surface area contributed by atoms with Gasteiger partial charge in [0.15, 0.2) is 0 Å². The highest BCUT2D eigenvalue weighted by molar-refractivity contribution is 7.09. The maximum Gasteiger partial charge on any atom is 0.237 e. The van der Waals surface area contributed by atoms with E-state index in [2.05, 4.69) is 14.9 Å². The third kappa shape index (κ3) is 5.48. The fraction of sp³-hybridized carbons (Fsp3) is 0.600. The highest BCUT2D eigenvalue weighted by Gasteiger charge is 2.23. The second-order valence-corrected chi connectivity index (χ2v) is 8.97.